The molecule has 1 aliphatic rings. The number of hydrogen-bond donors (Lipinski definition) is 3. The molecule has 2 heterocycles. The molecule has 0 unspecified atom stereocenters. The highest BCUT2D eigenvalue weighted by atomic mass is 32.2. The highest BCUT2D eigenvalue weighted by Crippen LogP contribution is 2.18. The first-order valence-corrected chi connectivity index (χ1v) is 18.3. The van der Waals surface area contributed by atoms with Crippen molar-refractivity contribution < 1.29 is 70.8 Å². The van der Waals surface area contributed by atoms with Crippen LogP contribution >= 0.6 is 0 Å². The van der Waals surface area contributed by atoms with E-state index in [2.05, 4.69) is 20.0 Å². The summed E-state index contributed by atoms with van der Waals surface area (Å²) in [4.78, 5) is 82.5. The molecule has 0 atom stereocenters. The number of imide groups is 1. The van der Waals surface area contributed by atoms with Gasteiger partial charge < -0.3 is 34.1 Å². The third-order valence-electron chi connectivity index (χ3n) is 7.03. The van der Waals surface area contributed by atoms with Crippen molar-refractivity contribution in [1.82, 2.24) is 20.3 Å². The molecular weight excluding hydrogens is 738 g/mol. The first-order chi connectivity index (χ1) is 25.9. The number of nitrogens with zero attached hydrogens (tertiary/aromatic N) is 3. The minimum atomic E-state index is -4.09. The Morgan fingerprint density at radius 1 is 0.741 bits per heavy atom. The van der Waals surface area contributed by atoms with Crippen molar-refractivity contribution >= 4 is 51.2 Å². The number of carbonyl (C=O) groups excluding carboxylic acids is 5. The fourth-order valence-corrected chi connectivity index (χ4v) is 5.29. The lowest BCUT2D eigenvalue weighted by Gasteiger charge is -2.13. The molecule has 0 radical (unpaired) electrons. The predicted octanol–water partition coefficient (Wildman–Crippen LogP) is 0.316. The number of carboxylic acids is 1. The molecule has 296 valence electrons. The minimum absolute atomic E-state index is 0.0000352. The van der Waals surface area contributed by atoms with Gasteiger partial charge in [0.15, 0.2) is 18.2 Å². The number of ether oxygens (including phenoxy) is 5. The normalized spacial score (nSPS) is 12.9. The van der Waals surface area contributed by atoms with E-state index in [4.69, 9.17) is 33.6 Å². The third-order valence-corrected chi connectivity index (χ3v) is 8.38. The number of amides is 3. The zero-order valence-corrected chi connectivity index (χ0v) is 30.2. The van der Waals surface area contributed by atoms with E-state index >= 15 is 0 Å². The lowest BCUT2D eigenvalue weighted by atomic mass is 10.2. The first-order valence-electron chi connectivity index (χ1n) is 16.9. The Morgan fingerprint density at radius 3 is 1.91 bits per heavy atom. The van der Waals surface area contributed by atoms with Gasteiger partial charge in [0, 0.05) is 51.3 Å². The van der Waals surface area contributed by atoms with Crippen molar-refractivity contribution in [2.45, 2.75) is 43.4 Å². The molecular formula is C33H43N5O15S. The van der Waals surface area contributed by atoms with Crippen LogP contribution in [0, 0.1) is 0 Å². The summed E-state index contributed by atoms with van der Waals surface area (Å²) < 4.78 is 53.8. The largest absolute Gasteiger partial charge is 0.482 e. The molecule has 21 heteroatoms. The minimum Gasteiger partial charge on any atom is -0.482 e. The number of ketones is 2. The highest BCUT2D eigenvalue weighted by molar-refractivity contribution is 7.92. The molecule has 3 N–H and O–H groups in total. The number of aliphatic carboxylic acids is 1. The van der Waals surface area contributed by atoms with Gasteiger partial charge in [0.05, 0.1) is 56.6 Å². The van der Waals surface area contributed by atoms with Crippen molar-refractivity contribution in [1.29, 1.82) is 0 Å². The van der Waals surface area contributed by atoms with E-state index in [9.17, 15) is 37.2 Å². The number of carboxylic acid groups (broad SMARTS) is 1. The molecule has 0 aliphatic carbocycles. The second-order valence-corrected chi connectivity index (χ2v) is 13.0. The van der Waals surface area contributed by atoms with Crippen LogP contribution < -0.4 is 14.8 Å². The summed E-state index contributed by atoms with van der Waals surface area (Å²) in [7, 11) is -4.09. The number of Topliss-reactive ketones (excluding diaryl/α,β-unsaturated/α-hetero) is 2. The Morgan fingerprint density at radius 2 is 1.30 bits per heavy atom. The van der Waals surface area contributed by atoms with Gasteiger partial charge >= 0.3 is 5.97 Å². The average molecular weight is 782 g/mol. The van der Waals surface area contributed by atoms with Gasteiger partial charge in [-0.05, 0) is 37.1 Å². The van der Waals surface area contributed by atoms with Crippen molar-refractivity contribution in [2.75, 3.05) is 77.3 Å². The van der Waals surface area contributed by atoms with Crippen molar-refractivity contribution in [2.24, 2.45) is 0 Å². The molecule has 2 aromatic rings. The Kier molecular flexibility index (Phi) is 19.1. The van der Waals surface area contributed by atoms with Gasteiger partial charge in [-0.1, -0.05) is 0 Å². The summed E-state index contributed by atoms with van der Waals surface area (Å²) in [5.74, 6) is -2.97. The maximum absolute atomic E-state index is 12.6. The summed E-state index contributed by atoms with van der Waals surface area (Å²) >= 11 is 0. The number of nitrogens with one attached hydrogen (secondary N) is 2. The van der Waals surface area contributed by atoms with Crippen LogP contribution in [0.15, 0.2) is 41.6 Å². The number of aromatic nitrogens is 2. The first kappa shape index (κ1) is 43.5. The van der Waals surface area contributed by atoms with Crippen molar-refractivity contribution in [3.05, 3.63) is 42.2 Å². The lowest BCUT2D eigenvalue weighted by Crippen LogP contribution is -2.30. The van der Waals surface area contributed by atoms with Gasteiger partial charge in [0.2, 0.25) is 5.95 Å². The monoisotopic (exact) mass is 781 g/mol. The fraction of sp³-hybridized carbons (Fsp3) is 0.515. The Balaban J connectivity index is 1.13. The quantitative estimate of drug-likeness (QED) is 0.0741. The molecule has 1 saturated heterocycles. The van der Waals surface area contributed by atoms with Gasteiger partial charge in [0.1, 0.15) is 12.4 Å². The van der Waals surface area contributed by atoms with Crippen molar-refractivity contribution in [3.63, 3.8) is 0 Å². The number of sulfonamides is 1. The molecule has 3 rings (SSSR count). The third kappa shape index (κ3) is 16.8. The standard InChI is InChI=1S/C33H43N5O15S/c39-25(21-34-32(45)24-19-35-33(36-20-24)37-54(46,47)28-7-5-27(6-8-28)52-23-31(43)44)3-1-11-49-15-16-51-22-26(40)4-2-12-48-13-14-50-17-18-53-38-29(41)9-10-30(38)42/h5-8,19-20H,1-4,9-18,21-23H2,(H,34,45)(H,43,44)(H,35,36,37). The predicted molar refractivity (Wildman–Crippen MR) is 184 cm³/mol. The number of hydrogen-bond acceptors (Lipinski definition) is 16. The van der Waals surface area contributed by atoms with Crippen LogP contribution in [0.1, 0.15) is 48.9 Å². The van der Waals surface area contributed by atoms with Crippen molar-refractivity contribution in [3.8, 4) is 5.75 Å². The summed E-state index contributed by atoms with van der Waals surface area (Å²) in [5, 5.41) is 11.9. The van der Waals surface area contributed by atoms with E-state index in [0.29, 0.717) is 39.1 Å². The summed E-state index contributed by atoms with van der Waals surface area (Å²) in [6, 6.07) is 5.01. The summed E-state index contributed by atoms with van der Waals surface area (Å²) in [6.45, 7) is 1.10. The van der Waals surface area contributed by atoms with Crippen LogP contribution in [0.25, 0.3) is 0 Å². The summed E-state index contributed by atoms with van der Waals surface area (Å²) in [6.07, 6.45) is 3.88. The Labute approximate surface area is 310 Å². The number of hydroxylamine groups is 2. The SMILES string of the molecule is O=C(O)COc1ccc(S(=O)(=O)Nc2ncc(C(=O)NCC(=O)CCCOCCOCC(=O)CCCOCCOCCON3C(=O)CCC3=O)cn2)cc1. The van der Waals surface area contributed by atoms with Gasteiger partial charge in [-0.15, -0.1) is 0 Å². The van der Waals surface area contributed by atoms with E-state index in [0.717, 1.165) is 17.5 Å². The van der Waals surface area contributed by atoms with Gasteiger partial charge in [-0.25, -0.2) is 27.9 Å². The zero-order valence-electron chi connectivity index (χ0n) is 29.4. The highest BCUT2D eigenvalue weighted by Gasteiger charge is 2.30. The molecule has 0 spiro atoms. The van der Waals surface area contributed by atoms with Crippen LogP contribution in [-0.2, 0) is 57.8 Å². The number of rotatable bonds is 29. The topological polar surface area (TPSA) is 265 Å². The van der Waals surface area contributed by atoms with E-state index in [1.807, 2.05) is 0 Å². The van der Waals surface area contributed by atoms with Gasteiger partial charge in [-0.2, -0.15) is 5.06 Å². The van der Waals surface area contributed by atoms with Crippen LogP contribution in [-0.4, -0.2) is 136 Å². The molecule has 1 aliphatic heterocycles. The average Bonchev–Trinajstić information content (AvgIpc) is 3.47. The van der Waals surface area contributed by atoms with E-state index in [-0.39, 0.29) is 111 Å². The molecule has 20 nitrogen and oxygen atoms in total. The van der Waals surface area contributed by atoms with E-state index in [1.165, 1.54) is 24.3 Å². The summed E-state index contributed by atoms with van der Waals surface area (Å²) in [5.41, 5.74) is 0.0000352. The molecule has 1 fully saturated rings. The Bertz CT molecular complexity index is 1640. The maximum atomic E-state index is 12.6. The van der Waals surface area contributed by atoms with Crippen LogP contribution in [0.2, 0.25) is 0 Å². The zero-order chi connectivity index (χ0) is 39.2. The fourth-order valence-electron chi connectivity index (χ4n) is 4.34. The molecule has 0 bridgehead atoms. The second-order valence-electron chi connectivity index (χ2n) is 11.3. The van der Waals surface area contributed by atoms with E-state index in [1.54, 1.807) is 0 Å². The number of anilines is 1. The smallest absolute Gasteiger partial charge is 0.341 e. The molecule has 0 saturated carbocycles. The molecule has 1 aromatic heterocycles. The van der Waals surface area contributed by atoms with Crippen LogP contribution in [0.5, 0.6) is 5.75 Å². The lowest BCUT2D eigenvalue weighted by molar-refractivity contribution is -0.191. The van der Waals surface area contributed by atoms with E-state index < -0.39 is 28.5 Å². The molecule has 1 aromatic carbocycles. The number of carbonyl (C=O) groups is 6. The number of benzene rings is 1. The van der Waals surface area contributed by atoms with Crippen LogP contribution in [0.3, 0.4) is 0 Å². The molecule has 54 heavy (non-hydrogen) atoms. The van der Waals surface area contributed by atoms with Gasteiger partial charge in [-0.3, -0.25) is 28.8 Å². The molecule has 3 amide bonds. The van der Waals surface area contributed by atoms with Crippen LogP contribution in [0.4, 0.5) is 5.95 Å². The Hall–Kier alpha value is -4.93. The second kappa shape index (κ2) is 23.7. The van der Waals surface area contributed by atoms with Gasteiger partial charge in [0.25, 0.3) is 27.7 Å². The maximum Gasteiger partial charge on any atom is 0.341 e.